The van der Waals surface area contributed by atoms with E-state index in [2.05, 4.69) is 11.0 Å². The van der Waals surface area contributed by atoms with Gasteiger partial charge in [-0.05, 0) is 48.8 Å². The van der Waals surface area contributed by atoms with Crippen LogP contribution in [0.2, 0.25) is 5.02 Å². The molecule has 3 heteroatoms. The van der Waals surface area contributed by atoms with E-state index >= 15 is 0 Å². The molecule has 2 nitrogen and oxygen atoms in total. The predicted molar refractivity (Wildman–Crippen MR) is 79.7 cm³/mol. The molecule has 1 saturated carbocycles. The Hall–Kier alpha value is -0.730. The first-order valence-corrected chi connectivity index (χ1v) is 7.75. The highest BCUT2D eigenvalue weighted by molar-refractivity contribution is 6.33. The molecule has 1 spiro atoms. The zero-order chi connectivity index (χ0) is 13.3. The van der Waals surface area contributed by atoms with Gasteiger partial charge in [-0.25, -0.2) is 0 Å². The third kappa shape index (κ3) is 2.61. The minimum atomic E-state index is 0.0586. The Labute approximate surface area is 120 Å². The van der Waals surface area contributed by atoms with Gasteiger partial charge in [-0.2, -0.15) is 0 Å². The quantitative estimate of drug-likeness (QED) is 0.885. The van der Waals surface area contributed by atoms with Gasteiger partial charge < -0.3 is 10.0 Å². The SMILES string of the molecule is OCc1ccc(N2CCC3(CCCC3)CC2)c(Cl)c1. The van der Waals surface area contributed by atoms with E-state index < -0.39 is 0 Å². The molecule has 1 aliphatic carbocycles. The maximum absolute atomic E-state index is 9.13. The molecule has 1 heterocycles. The van der Waals surface area contributed by atoms with E-state index in [0.717, 1.165) is 29.4 Å². The molecule has 1 N–H and O–H groups in total. The zero-order valence-electron chi connectivity index (χ0n) is 11.4. The predicted octanol–water partition coefficient (Wildman–Crippen LogP) is 3.99. The Morgan fingerprint density at radius 3 is 2.37 bits per heavy atom. The highest BCUT2D eigenvalue weighted by Crippen LogP contribution is 2.47. The van der Waals surface area contributed by atoms with Gasteiger partial charge in [-0.1, -0.05) is 30.5 Å². The number of rotatable bonds is 2. The first kappa shape index (κ1) is 13.3. The molecule has 3 rings (SSSR count). The van der Waals surface area contributed by atoms with Gasteiger partial charge in [0.25, 0.3) is 0 Å². The monoisotopic (exact) mass is 279 g/mol. The summed E-state index contributed by atoms with van der Waals surface area (Å²) >= 11 is 6.34. The lowest BCUT2D eigenvalue weighted by molar-refractivity contribution is 0.226. The normalized spacial score (nSPS) is 22.1. The van der Waals surface area contributed by atoms with Crippen molar-refractivity contribution in [1.82, 2.24) is 0 Å². The summed E-state index contributed by atoms with van der Waals surface area (Å²) in [7, 11) is 0. The lowest BCUT2D eigenvalue weighted by Crippen LogP contribution is -2.39. The smallest absolute Gasteiger partial charge is 0.0682 e. The summed E-state index contributed by atoms with van der Waals surface area (Å²) in [5.74, 6) is 0. The molecule has 1 aromatic carbocycles. The molecule has 1 aliphatic heterocycles. The third-order valence-electron chi connectivity index (χ3n) is 5.02. The molecule has 0 bridgehead atoms. The summed E-state index contributed by atoms with van der Waals surface area (Å²) in [6.45, 7) is 2.31. The van der Waals surface area contributed by atoms with Crippen LogP contribution >= 0.6 is 11.6 Å². The van der Waals surface area contributed by atoms with Crippen LogP contribution in [0.5, 0.6) is 0 Å². The number of piperidine rings is 1. The van der Waals surface area contributed by atoms with Crippen LogP contribution in [0, 0.1) is 5.41 Å². The highest BCUT2D eigenvalue weighted by atomic mass is 35.5. The average Bonchev–Trinajstić information content (AvgIpc) is 2.88. The van der Waals surface area contributed by atoms with Crippen LogP contribution in [0.3, 0.4) is 0 Å². The average molecular weight is 280 g/mol. The van der Waals surface area contributed by atoms with Crippen LogP contribution in [0.4, 0.5) is 5.69 Å². The molecular formula is C16H22ClNO. The van der Waals surface area contributed by atoms with E-state index in [0.29, 0.717) is 5.41 Å². The summed E-state index contributed by atoms with van der Waals surface area (Å²) < 4.78 is 0. The number of anilines is 1. The maximum Gasteiger partial charge on any atom is 0.0682 e. The second-order valence-corrected chi connectivity index (χ2v) is 6.55. The van der Waals surface area contributed by atoms with Crippen molar-refractivity contribution in [2.24, 2.45) is 5.41 Å². The molecule has 2 fully saturated rings. The number of hydrogen-bond acceptors (Lipinski definition) is 2. The Kier molecular flexibility index (Phi) is 3.72. The fourth-order valence-electron chi connectivity index (χ4n) is 3.75. The van der Waals surface area contributed by atoms with Crippen LogP contribution in [-0.4, -0.2) is 18.2 Å². The third-order valence-corrected chi connectivity index (χ3v) is 5.33. The zero-order valence-corrected chi connectivity index (χ0v) is 12.1. The van der Waals surface area contributed by atoms with E-state index in [1.807, 2.05) is 12.1 Å². The molecule has 0 atom stereocenters. The van der Waals surface area contributed by atoms with Crippen molar-refractivity contribution in [2.75, 3.05) is 18.0 Å². The summed E-state index contributed by atoms with van der Waals surface area (Å²) in [5, 5.41) is 9.90. The first-order valence-electron chi connectivity index (χ1n) is 7.37. The Balaban J connectivity index is 1.71. The largest absolute Gasteiger partial charge is 0.392 e. The summed E-state index contributed by atoms with van der Waals surface area (Å²) in [6, 6.07) is 5.92. The van der Waals surface area contributed by atoms with Gasteiger partial charge in [0.2, 0.25) is 0 Å². The van der Waals surface area contributed by atoms with E-state index in [1.165, 1.54) is 38.5 Å². The molecule has 19 heavy (non-hydrogen) atoms. The topological polar surface area (TPSA) is 23.5 Å². The molecule has 1 saturated heterocycles. The van der Waals surface area contributed by atoms with Crippen molar-refractivity contribution in [2.45, 2.75) is 45.1 Å². The van der Waals surface area contributed by atoms with Crippen molar-refractivity contribution in [3.63, 3.8) is 0 Å². The Morgan fingerprint density at radius 2 is 1.79 bits per heavy atom. The fraction of sp³-hybridized carbons (Fsp3) is 0.625. The molecule has 0 amide bonds. The second kappa shape index (κ2) is 5.34. The Bertz CT molecular complexity index is 444. The van der Waals surface area contributed by atoms with E-state index in [1.54, 1.807) is 0 Å². The second-order valence-electron chi connectivity index (χ2n) is 6.14. The fourth-order valence-corrected chi connectivity index (χ4v) is 4.07. The van der Waals surface area contributed by atoms with Crippen molar-refractivity contribution < 1.29 is 5.11 Å². The highest BCUT2D eigenvalue weighted by Gasteiger charge is 2.37. The van der Waals surface area contributed by atoms with E-state index in [-0.39, 0.29) is 6.61 Å². The number of hydrogen-bond donors (Lipinski definition) is 1. The van der Waals surface area contributed by atoms with Gasteiger partial charge >= 0.3 is 0 Å². The van der Waals surface area contributed by atoms with Gasteiger partial charge in [0.1, 0.15) is 0 Å². The lowest BCUT2D eigenvalue weighted by Gasteiger charge is -2.40. The summed E-state index contributed by atoms with van der Waals surface area (Å²) in [5.41, 5.74) is 2.67. The van der Waals surface area contributed by atoms with Crippen molar-refractivity contribution in [1.29, 1.82) is 0 Å². The number of aliphatic hydroxyl groups excluding tert-OH is 1. The number of halogens is 1. The van der Waals surface area contributed by atoms with Crippen molar-refractivity contribution in [3.05, 3.63) is 28.8 Å². The van der Waals surface area contributed by atoms with Crippen LogP contribution in [0.15, 0.2) is 18.2 Å². The van der Waals surface area contributed by atoms with Gasteiger partial charge in [0.05, 0.1) is 17.3 Å². The molecule has 0 unspecified atom stereocenters. The van der Waals surface area contributed by atoms with Gasteiger partial charge in [-0.15, -0.1) is 0 Å². The minimum Gasteiger partial charge on any atom is -0.392 e. The molecule has 104 valence electrons. The van der Waals surface area contributed by atoms with Crippen molar-refractivity contribution >= 4 is 17.3 Å². The first-order chi connectivity index (χ1) is 9.22. The van der Waals surface area contributed by atoms with E-state index in [4.69, 9.17) is 16.7 Å². The molecular weight excluding hydrogens is 258 g/mol. The maximum atomic E-state index is 9.13. The van der Waals surface area contributed by atoms with Crippen LogP contribution in [0.25, 0.3) is 0 Å². The number of nitrogens with zero attached hydrogens (tertiary/aromatic N) is 1. The van der Waals surface area contributed by atoms with Crippen LogP contribution in [-0.2, 0) is 6.61 Å². The minimum absolute atomic E-state index is 0.0586. The van der Waals surface area contributed by atoms with Crippen LogP contribution < -0.4 is 4.90 Å². The van der Waals surface area contributed by atoms with Gasteiger partial charge in [0, 0.05) is 13.1 Å². The van der Waals surface area contributed by atoms with Crippen molar-refractivity contribution in [3.8, 4) is 0 Å². The van der Waals surface area contributed by atoms with Gasteiger partial charge in [-0.3, -0.25) is 0 Å². The molecule has 0 radical (unpaired) electrons. The molecule has 2 aliphatic rings. The summed E-state index contributed by atoms with van der Waals surface area (Å²) in [4.78, 5) is 2.41. The van der Waals surface area contributed by atoms with E-state index in [9.17, 15) is 0 Å². The lowest BCUT2D eigenvalue weighted by atomic mass is 9.77. The number of aliphatic hydroxyl groups is 1. The molecule has 1 aromatic rings. The standard InChI is InChI=1S/C16H22ClNO/c17-14-11-13(12-19)3-4-15(14)18-9-7-16(8-10-18)5-1-2-6-16/h3-4,11,19H,1-2,5-10,12H2. The summed E-state index contributed by atoms with van der Waals surface area (Å²) in [6.07, 6.45) is 8.32. The Morgan fingerprint density at radius 1 is 1.11 bits per heavy atom. The van der Waals surface area contributed by atoms with Crippen LogP contribution in [0.1, 0.15) is 44.1 Å². The molecule has 0 aromatic heterocycles. The number of benzene rings is 1. The van der Waals surface area contributed by atoms with Gasteiger partial charge in [0.15, 0.2) is 0 Å².